The van der Waals surface area contributed by atoms with Gasteiger partial charge in [-0.1, -0.05) is 23.7 Å². The number of benzene rings is 2. The molecule has 1 fully saturated rings. The minimum absolute atomic E-state index is 0.253. The van der Waals surface area contributed by atoms with Gasteiger partial charge >= 0.3 is 6.03 Å². The summed E-state index contributed by atoms with van der Waals surface area (Å²) in [5, 5.41) is 8.36. The van der Waals surface area contributed by atoms with E-state index in [1.54, 1.807) is 31.2 Å². The highest BCUT2D eigenvalue weighted by Gasteiger charge is 2.43. The number of carbonyl (C=O) groups is 3. The maximum Gasteiger partial charge on any atom is 0.322 e. The molecular weight excluding hydrogens is 405 g/mol. The molecule has 142 valence electrons. The quantitative estimate of drug-likeness (QED) is 0.563. The Hall–Kier alpha value is -2.97. The third kappa shape index (κ3) is 3.00. The van der Waals surface area contributed by atoms with Gasteiger partial charge in [0, 0.05) is 15.8 Å². The lowest BCUT2D eigenvalue weighted by molar-refractivity contribution is -0.123. The zero-order valence-electron chi connectivity index (χ0n) is 14.4. The Kier molecular flexibility index (Phi) is 4.32. The molecule has 2 heterocycles. The van der Waals surface area contributed by atoms with Crippen LogP contribution in [0.2, 0.25) is 5.02 Å². The maximum absolute atomic E-state index is 13.4. The number of hydrogen-bond acceptors (Lipinski definition) is 4. The summed E-state index contributed by atoms with van der Waals surface area (Å²) < 4.78 is 14.0. The molecule has 0 radical (unpaired) electrons. The van der Waals surface area contributed by atoms with Crippen LogP contribution in [0.15, 0.2) is 42.5 Å². The van der Waals surface area contributed by atoms with Gasteiger partial charge in [-0.25, -0.2) is 9.18 Å². The fraction of sp³-hybridized carbons (Fsp3) is 0.105. The summed E-state index contributed by atoms with van der Waals surface area (Å²) in [5.74, 6) is -1.33. The van der Waals surface area contributed by atoms with Crippen molar-refractivity contribution in [2.24, 2.45) is 0 Å². The molecule has 28 heavy (non-hydrogen) atoms. The second kappa shape index (κ2) is 6.57. The van der Waals surface area contributed by atoms with E-state index in [4.69, 9.17) is 11.6 Å². The van der Waals surface area contributed by atoms with E-state index in [1.807, 2.05) is 0 Å². The highest BCUT2D eigenvalue weighted by atomic mass is 35.5. The fourth-order valence-electron chi connectivity index (χ4n) is 3.03. The summed E-state index contributed by atoms with van der Waals surface area (Å²) in [6.07, 6.45) is 0. The molecule has 0 saturated carbocycles. The monoisotopic (exact) mass is 417 g/mol. The van der Waals surface area contributed by atoms with Gasteiger partial charge in [-0.15, -0.1) is 11.3 Å². The predicted octanol–water partition coefficient (Wildman–Crippen LogP) is 4.00. The Bertz CT molecular complexity index is 1160. The van der Waals surface area contributed by atoms with E-state index in [0.717, 1.165) is 11.3 Å². The second-order valence-electron chi connectivity index (χ2n) is 6.45. The van der Waals surface area contributed by atoms with Gasteiger partial charge in [0.1, 0.15) is 16.2 Å². The number of carbonyl (C=O) groups excluding carboxylic acids is 3. The van der Waals surface area contributed by atoms with E-state index < -0.39 is 29.2 Å². The van der Waals surface area contributed by atoms with Crippen LogP contribution < -0.4 is 16.0 Å². The van der Waals surface area contributed by atoms with Gasteiger partial charge in [-0.2, -0.15) is 0 Å². The smallest absolute Gasteiger partial charge is 0.321 e. The Morgan fingerprint density at radius 3 is 2.71 bits per heavy atom. The molecule has 4 rings (SSSR count). The molecule has 1 atom stereocenters. The van der Waals surface area contributed by atoms with Gasteiger partial charge in [-0.3, -0.25) is 14.9 Å². The maximum atomic E-state index is 13.4. The molecule has 3 aromatic rings. The Balaban J connectivity index is 1.63. The van der Waals surface area contributed by atoms with E-state index in [9.17, 15) is 18.8 Å². The van der Waals surface area contributed by atoms with Gasteiger partial charge in [0.25, 0.3) is 11.8 Å². The van der Waals surface area contributed by atoms with E-state index in [2.05, 4.69) is 16.0 Å². The van der Waals surface area contributed by atoms with Crippen molar-refractivity contribution in [1.29, 1.82) is 0 Å². The van der Waals surface area contributed by atoms with Gasteiger partial charge in [0.2, 0.25) is 0 Å². The molecular formula is C19H13ClFN3O3S. The predicted molar refractivity (Wildman–Crippen MR) is 105 cm³/mol. The van der Waals surface area contributed by atoms with Crippen LogP contribution in [0.5, 0.6) is 0 Å². The zero-order valence-corrected chi connectivity index (χ0v) is 16.0. The Morgan fingerprint density at radius 1 is 1.21 bits per heavy atom. The number of urea groups is 1. The van der Waals surface area contributed by atoms with Crippen LogP contribution in [0.3, 0.4) is 0 Å². The first-order chi connectivity index (χ1) is 13.3. The Morgan fingerprint density at radius 2 is 2.00 bits per heavy atom. The molecule has 9 heteroatoms. The average Bonchev–Trinajstić information content (AvgIpc) is 3.11. The summed E-state index contributed by atoms with van der Waals surface area (Å²) in [5.41, 5.74) is -0.291. The molecule has 1 aromatic heterocycles. The number of anilines is 1. The first-order valence-electron chi connectivity index (χ1n) is 8.21. The molecule has 0 bridgehead atoms. The first-order valence-corrected chi connectivity index (χ1v) is 9.40. The third-order valence-corrected chi connectivity index (χ3v) is 6.20. The van der Waals surface area contributed by atoms with Crippen molar-refractivity contribution in [2.45, 2.75) is 12.5 Å². The van der Waals surface area contributed by atoms with Crippen molar-refractivity contribution >= 4 is 56.6 Å². The van der Waals surface area contributed by atoms with Gasteiger partial charge < -0.3 is 10.6 Å². The van der Waals surface area contributed by atoms with Crippen molar-refractivity contribution in [3.8, 4) is 0 Å². The number of rotatable bonds is 3. The highest BCUT2D eigenvalue weighted by molar-refractivity contribution is 7.21. The van der Waals surface area contributed by atoms with Crippen LogP contribution in [0, 0.1) is 5.82 Å². The number of fused-ring (bicyclic) bond motifs is 1. The minimum atomic E-state index is -1.23. The van der Waals surface area contributed by atoms with Crippen molar-refractivity contribution in [2.75, 3.05) is 5.32 Å². The topological polar surface area (TPSA) is 87.3 Å². The van der Waals surface area contributed by atoms with Gasteiger partial charge in [-0.05, 0) is 42.8 Å². The molecule has 3 N–H and O–H groups in total. The third-order valence-electron chi connectivity index (χ3n) is 4.54. The largest absolute Gasteiger partial charge is 0.322 e. The molecule has 6 nitrogen and oxygen atoms in total. The van der Waals surface area contributed by atoms with Crippen LogP contribution in [0.1, 0.15) is 22.2 Å². The van der Waals surface area contributed by atoms with Crippen LogP contribution >= 0.6 is 22.9 Å². The SMILES string of the molecule is C[C@@]1(c2cccc(NC(=O)c3sc4cc(F)ccc4c3Cl)c2)NC(=O)NC1=O. The molecule has 0 unspecified atom stereocenters. The Labute approximate surface area is 167 Å². The second-order valence-corrected chi connectivity index (χ2v) is 7.88. The molecule has 2 aromatic carbocycles. The molecule has 4 amide bonds. The molecule has 0 spiro atoms. The van der Waals surface area contributed by atoms with Crippen LogP contribution in [0.25, 0.3) is 10.1 Å². The van der Waals surface area contributed by atoms with Crippen LogP contribution in [-0.2, 0) is 10.3 Å². The number of hydrogen-bond donors (Lipinski definition) is 3. The van der Waals surface area contributed by atoms with E-state index >= 15 is 0 Å². The standard InChI is InChI=1S/C19H13ClFN3O3S/c1-19(17(26)23-18(27)24-19)9-3-2-4-11(7-9)22-16(25)15-14(20)12-6-5-10(21)8-13(12)28-15/h2-8H,1H3,(H,22,25)(H2,23,24,26,27)/t19-/m0/s1. The summed E-state index contributed by atoms with van der Waals surface area (Å²) >= 11 is 7.38. The van der Waals surface area contributed by atoms with Crippen LogP contribution in [-0.4, -0.2) is 17.8 Å². The van der Waals surface area contributed by atoms with Crippen molar-refractivity contribution < 1.29 is 18.8 Å². The number of amides is 4. The molecule has 1 saturated heterocycles. The molecule has 1 aliphatic rings. The summed E-state index contributed by atoms with van der Waals surface area (Å²) in [7, 11) is 0. The van der Waals surface area contributed by atoms with Crippen molar-refractivity contribution in [1.82, 2.24) is 10.6 Å². The average molecular weight is 418 g/mol. The zero-order chi connectivity index (χ0) is 20.1. The first kappa shape index (κ1) is 18.4. The summed E-state index contributed by atoms with van der Waals surface area (Å²) in [4.78, 5) is 36.5. The summed E-state index contributed by atoms with van der Waals surface area (Å²) in [6, 6.07) is 10.2. The lowest BCUT2D eigenvalue weighted by Crippen LogP contribution is -2.40. The van der Waals surface area contributed by atoms with E-state index in [-0.39, 0.29) is 9.90 Å². The van der Waals surface area contributed by atoms with E-state index in [1.165, 1.54) is 18.2 Å². The van der Waals surface area contributed by atoms with Gasteiger partial charge in [0.15, 0.2) is 0 Å². The van der Waals surface area contributed by atoms with Crippen molar-refractivity contribution in [3.63, 3.8) is 0 Å². The van der Waals surface area contributed by atoms with E-state index in [0.29, 0.717) is 21.3 Å². The van der Waals surface area contributed by atoms with Crippen molar-refractivity contribution in [3.05, 3.63) is 63.7 Å². The lowest BCUT2D eigenvalue weighted by atomic mass is 9.92. The molecule has 0 aliphatic carbocycles. The van der Waals surface area contributed by atoms with Crippen LogP contribution in [0.4, 0.5) is 14.9 Å². The summed E-state index contributed by atoms with van der Waals surface area (Å²) in [6.45, 7) is 1.57. The number of halogens is 2. The molecule has 1 aliphatic heterocycles. The number of thiophene rings is 1. The lowest BCUT2D eigenvalue weighted by Gasteiger charge is -2.21. The highest BCUT2D eigenvalue weighted by Crippen LogP contribution is 2.36. The van der Waals surface area contributed by atoms with Gasteiger partial charge in [0.05, 0.1) is 5.02 Å². The fourth-order valence-corrected chi connectivity index (χ4v) is 4.46. The minimum Gasteiger partial charge on any atom is -0.321 e. The normalized spacial score (nSPS) is 18.8. The number of imide groups is 1. The number of nitrogens with one attached hydrogen (secondary N) is 3.